The van der Waals surface area contributed by atoms with Crippen LogP contribution in [0.2, 0.25) is 5.02 Å². The highest BCUT2D eigenvalue weighted by molar-refractivity contribution is 6.31. The number of rotatable bonds is 3. The van der Waals surface area contributed by atoms with E-state index in [2.05, 4.69) is 9.97 Å². The maximum atomic E-state index is 13.0. The minimum Gasteiger partial charge on any atom is -0.493 e. The predicted octanol–water partition coefficient (Wildman–Crippen LogP) is 2.98. The van der Waals surface area contributed by atoms with Gasteiger partial charge >= 0.3 is 0 Å². The first-order valence-corrected chi connectivity index (χ1v) is 6.52. The number of nitrogens with one attached hydrogen (secondary N) is 1. The van der Waals surface area contributed by atoms with E-state index < -0.39 is 5.82 Å². The number of aromatic nitrogens is 2. The van der Waals surface area contributed by atoms with Crippen molar-refractivity contribution in [1.82, 2.24) is 9.97 Å². The van der Waals surface area contributed by atoms with Gasteiger partial charge in [0.1, 0.15) is 11.6 Å². The lowest BCUT2D eigenvalue weighted by molar-refractivity contribution is 0.436. The molecule has 0 bridgehead atoms. The maximum Gasteiger partial charge on any atom is 0.258 e. The van der Waals surface area contributed by atoms with Crippen molar-refractivity contribution in [3.63, 3.8) is 0 Å². The second kappa shape index (κ2) is 5.63. The number of aromatic hydroxyl groups is 1. The van der Waals surface area contributed by atoms with Gasteiger partial charge in [-0.05, 0) is 23.6 Å². The van der Waals surface area contributed by atoms with Gasteiger partial charge in [0.15, 0.2) is 0 Å². The Hall–Kier alpha value is -1.88. The molecule has 0 amide bonds. The van der Waals surface area contributed by atoms with E-state index in [4.69, 9.17) is 11.6 Å². The van der Waals surface area contributed by atoms with Crippen molar-refractivity contribution in [2.45, 2.75) is 26.2 Å². The zero-order chi connectivity index (χ0) is 14.9. The van der Waals surface area contributed by atoms with Gasteiger partial charge in [-0.2, -0.15) is 4.98 Å². The first-order chi connectivity index (χ1) is 9.38. The molecule has 2 N–H and O–H groups in total. The van der Waals surface area contributed by atoms with E-state index in [0.717, 1.165) is 0 Å². The van der Waals surface area contributed by atoms with Crippen LogP contribution >= 0.6 is 11.6 Å². The van der Waals surface area contributed by atoms with Crippen LogP contribution in [-0.2, 0) is 6.42 Å². The number of hydrogen-bond acceptors (Lipinski definition) is 3. The molecule has 6 heteroatoms. The fourth-order valence-corrected chi connectivity index (χ4v) is 2.20. The number of benzene rings is 1. The topological polar surface area (TPSA) is 66.0 Å². The Morgan fingerprint density at radius 3 is 2.70 bits per heavy atom. The Kier molecular flexibility index (Phi) is 4.09. The molecular weight excluding hydrogens is 283 g/mol. The molecular formula is C14H14ClFN2O2. The van der Waals surface area contributed by atoms with E-state index in [0.29, 0.717) is 5.56 Å². The Labute approximate surface area is 120 Å². The van der Waals surface area contributed by atoms with Gasteiger partial charge in [-0.1, -0.05) is 31.5 Å². The van der Waals surface area contributed by atoms with E-state index in [9.17, 15) is 14.3 Å². The van der Waals surface area contributed by atoms with Gasteiger partial charge in [0.25, 0.3) is 5.56 Å². The van der Waals surface area contributed by atoms with Gasteiger partial charge in [-0.25, -0.2) is 4.39 Å². The van der Waals surface area contributed by atoms with Crippen molar-refractivity contribution < 1.29 is 9.50 Å². The van der Waals surface area contributed by atoms with E-state index >= 15 is 0 Å². The van der Waals surface area contributed by atoms with Crippen molar-refractivity contribution >= 4 is 11.6 Å². The van der Waals surface area contributed by atoms with Gasteiger partial charge in [-0.15, -0.1) is 0 Å². The van der Waals surface area contributed by atoms with Crippen LogP contribution in [0.25, 0.3) is 0 Å². The summed E-state index contributed by atoms with van der Waals surface area (Å²) in [6.45, 7) is 3.59. The first kappa shape index (κ1) is 14.5. The fourth-order valence-electron chi connectivity index (χ4n) is 1.97. The predicted molar refractivity (Wildman–Crippen MR) is 74.8 cm³/mol. The Morgan fingerprint density at radius 2 is 2.15 bits per heavy atom. The highest BCUT2D eigenvalue weighted by atomic mass is 35.5. The molecule has 0 aliphatic heterocycles. The van der Waals surface area contributed by atoms with Gasteiger partial charge in [-0.3, -0.25) is 4.79 Å². The first-order valence-electron chi connectivity index (χ1n) is 6.14. The Morgan fingerprint density at radius 1 is 1.45 bits per heavy atom. The van der Waals surface area contributed by atoms with Gasteiger partial charge in [0.05, 0.1) is 5.56 Å². The largest absolute Gasteiger partial charge is 0.493 e. The molecule has 1 heterocycles. The molecule has 0 atom stereocenters. The summed E-state index contributed by atoms with van der Waals surface area (Å²) in [7, 11) is 0. The summed E-state index contributed by atoms with van der Waals surface area (Å²) in [5, 5.41) is 10.1. The van der Waals surface area contributed by atoms with Crippen LogP contribution in [0.1, 0.15) is 36.7 Å². The summed E-state index contributed by atoms with van der Waals surface area (Å²) in [4.78, 5) is 18.5. The molecule has 0 radical (unpaired) electrons. The average molecular weight is 297 g/mol. The lowest BCUT2D eigenvalue weighted by Gasteiger charge is -2.09. The molecule has 2 aromatic rings. The standard InChI is InChI=1S/C14H14ClFN2O2/c1-7(2)12-13(19)17-11(18-14(12)20)5-8-3-4-9(16)6-10(8)15/h3-4,6-7H,5H2,1-2H3,(H2,17,18,19,20). The zero-order valence-corrected chi connectivity index (χ0v) is 11.8. The highest BCUT2D eigenvalue weighted by Gasteiger charge is 2.14. The SMILES string of the molecule is CC(C)c1c(O)nc(Cc2ccc(F)cc2Cl)[nH]c1=O. The molecule has 106 valence electrons. The average Bonchev–Trinajstić information content (AvgIpc) is 2.31. The van der Waals surface area contributed by atoms with Crippen molar-refractivity contribution in [1.29, 1.82) is 0 Å². The third-order valence-electron chi connectivity index (χ3n) is 2.93. The zero-order valence-electron chi connectivity index (χ0n) is 11.1. The van der Waals surface area contributed by atoms with Crippen molar-refractivity contribution in [3.8, 4) is 5.88 Å². The quantitative estimate of drug-likeness (QED) is 0.915. The minimum atomic E-state index is -0.432. The Balaban J connectivity index is 2.38. The van der Waals surface area contributed by atoms with Gasteiger partial charge in [0, 0.05) is 11.4 Å². The second-order valence-corrected chi connectivity index (χ2v) is 5.22. The van der Waals surface area contributed by atoms with Crippen molar-refractivity contribution in [2.75, 3.05) is 0 Å². The normalized spacial score (nSPS) is 11.1. The third kappa shape index (κ3) is 2.99. The molecule has 1 aromatic heterocycles. The van der Waals surface area contributed by atoms with Crippen LogP contribution in [0.3, 0.4) is 0 Å². The molecule has 4 nitrogen and oxygen atoms in total. The summed E-state index contributed by atoms with van der Waals surface area (Å²) in [6, 6.07) is 3.99. The number of hydrogen-bond donors (Lipinski definition) is 2. The number of halogens is 2. The molecule has 0 spiro atoms. The van der Waals surface area contributed by atoms with E-state index in [-0.39, 0.29) is 40.2 Å². The molecule has 0 aliphatic carbocycles. The lowest BCUT2D eigenvalue weighted by Crippen LogP contribution is -2.18. The van der Waals surface area contributed by atoms with Crippen molar-refractivity contribution in [2.24, 2.45) is 0 Å². The minimum absolute atomic E-state index is 0.130. The molecule has 20 heavy (non-hydrogen) atoms. The van der Waals surface area contributed by atoms with Crippen LogP contribution < -0.4 is 5.56 Å². The summed E-state index contributed by atoms with van der Waals surface area (Å²) in [6.07, 6.45) is 0.209. The fraction of sp³-hybridized carbons (Fsp3) is 0.286. The van der Waals surface area contributed by atoms with Gasteiger partial charge in [0.2, 0.25) is 5.88 Å². The third-order valence-corrected chi connectivity index (χ3v) is 3.29. The second-order valence-electron chi connectivity index (χ2n) is 4.82. The maximum absolute atomic E-state index is 13.0. The number of H-pyrrole nitrogens is 1. The summed E-state index contributed by atoms with van der Waals surface area (Å²) in [5.74, 6) is -0.560. The Bertz CT molecular complexity index is 698. The van der Waals surface area contributed by atoms with Crippen molar-refractivity contribution in [3.05, 3.63) is 56.3 Å². The number of nitrogens with zero attached hydrogens (tertiary/aromatic N) is 1. The molecule has 0 unspecified atom stereocenters. The highest BCUT2D eigenvalue weighted by Crippen LogP contribution is 2.22. The smallest absolute Gasteiger partial charge is 0.258 e. The van der Waals surface area contributed by atoms with E-state index in [1.807, 2.05) is 0 Å². The molecule has 0 aliphatic rings. The molecule has 0 saturated carbocycles. The van der Waals surface area contributed by atoms with Crippen LogP contribution in [0, 0.1) is 5.82 Å². The van der Waals surface area contributed by atoms with Crippen LogP contribution in [-0.4, -0.2) is 15.1 Å². The molecule has 1 aromatic carbocycles. The summed E-state index contributed by atoms with van der Waals surface area (Å²) < 4.78 is 13.0. The van der Waals surface area contributed by atoms with E-state index in [1.165, 1.54) is 18.2 Å². The monoisotopic (exact) mass is 296 g/mol. The molecule has 0 saturated heterocycles. The van der Waals surface area contributed by atoms with Crippen LogP contribution in [0.5, 0.6) is 5.88 Å². The summed E-state index contributed by atoms with van der Waals surface area (Å²) >= 11 is 5.92. The number of aromatic amines is 1. The lowest BCUT2D eigenvalue weighted by atomic mass is 10.1. The van der Waals surface area contributed by atoms with E-state index in [1.54, 1.807) is 13.8 Å². The van der Waals surface area contributed by atoms with Crippen LogP contribution in [0.15, 0.2) is 23.0 Å². The summed E-state index contributed by atoms with van der Waals surface area (Å²) in [5.41, 5.74) is 0.493. The molecule has 0 fully saturated rings. The van der Waals surface area contributed by atoms with Gasteiger partial charge < -0.3 is 10.1 Å². The van der Waals surface area contributed by atoms with Crippen LogP contribution in [0.4, 0.5) is 4.39 Å². The molecule has 2 rings (SSSR count).